The van der Waals surface area contributed by atoms with E-state index < -0.39 is 5.60 Å². The minimum Gasteiger partial charge on any atom is -0.389 e. The number of aliphatic hydroxyl groups is 1. The molecule has 0 unspecified atom stereocenters. The summed E-state index contributed by atoms with van der Waals surface area (Å²) in [6, 6.07) is 0. The zero-order valence-electron chi connectivity index (χ0n) is 14.2. The van der Waals surface area contributed by atoms with Gasteiger partial charge in [0.25, 0.3) is 0 Å². The van der Waals surface area contributed by atoms with Gasteiger partial charge in [-0.3, -0.25) is 4.68 Å². The maximum absolute atomic E-state index is 10.3. The molecule has 0 atom stereocenters. The lowest BCUT2D eigenvalue weighted by atomic mass is 9.97. The van der Waals surface area contributed by atoms with Gasteiger partial charge in [0.2, 0.25) is 0 Å². The highest BCUT2D eigenvalue weighted by Gasteiger charge is 2.23. The molecular weight excluding hydrogens is 250 g/mol. The van der Waals surface area contributed by atoms with Crippen LogP contribution in [-0.2, 0) is 12.1 Å². The zero-order chi connectivity index (χ0) is 15.6. The summed E-state index contributed by atoms with van der Waals surface area (Å²) < 4.78 is 2.09. The van der Waals surface area contributed by atoms with Gasteiger partial charge in [0.1, 0.15) is 0 Å². The van der Waals surface area contributed by atoms with Crippen molar-refractivity contribution in [2.75, 3.05) is 6.54 Å². The van der Waals surface area contributed by atoms with Crippen LogP contribution in [0.1, 0.15) is 64.4 Å². The number of aryl methyl sites for hydroxylation is 1. The number of aromatic nitrogens is 2. The van der Waals surface area contributed by atoms with Crippen LogP contribution >= 0.6 is 0 Å². The molecule has 116 valence electrons. The molecule has 0 spiro atoms. The van der Waals surface area contributed by atoms with Crippen LogP contribution in [0.5, 0.6) is 0 Å². The molecule has 0 amide bonds. The Labute approximate surface area is 123 Å². The molecule has 0 aromatic carbocycles. The lowest BCUT2D eigenvalue weighted by molar-refractivity contribution is 0.0322. The molecule has 20 heavy (non-hydrogen) atoms. The Morgan fingerprint density at radius 1 is 1.15 bits per heavy atom. The molecule has 0 fully saturated rings. The number of hydrogen-bond acceptors (Lipinski definition) is 3. The molecule has 0 aliphatic heterocycles. The first kappa shape index (κ1) is 17.2. The maximum atomic E-state index is 10.3. The monoisotopic (exact) mass is 281 g/mol. The van der Waals surface area contributed by atoms with E-state index in [9.17, 15) is 5.11 Å². The second-order valence-electron chi connectivity index (χ2n) is 6.77. The summed E-state index contributed by atoms with van der Waals surface area (Å²) in [5.74, 6) is 0. The second kappa shape index (κ2) is 6.27. The normalized spacial score (nSPS) is 13.0. The first-order valence-corrected chi connectivity index (χ1v) is 7.63. The lowest BCUT2D eigenvalue weighted by Crippen LogP contribution is -2.39. The predicted octanol–water partition coefficient (Wildman–Crippen LogP) is 2.90. The van der Waals surface area contributed by atoms with Gasteiger partial charge in [0.05, 0.1) is 16.8 Å². The summed E-state index contributed by atoms with van der Waals surface area (Å²) in [5.41, 5.74) is 2.93. The summed E-state index contributed by atoms with van der Waals surface area (Å²) in [4.78, 5) is 0. The number of nitrogens with zero attached hydrogens (tertiary/aromatic N) is 2. The third-order valence-corrected chi connectivity index (χ3v) is 4.15. The summed E-state index contributed by atoms with van der Waals surface area (Å²) in [5, 5.41) is 18.3. The van der Waals surface area contributed by atoms with Gasteiger partial charge >= 0.3 is 0 Å². The summed E-state index contributed by atoms with van der Waals surface area (Å²) in [7, 11) is 0. The van der Waals surface area contributed by atoms with E-state index in [1.165, 1.54) is 11.3 Å². The molecule has 0 saturated carbocycles. The average Bonchev–Trinajstić information content (AvgIpc) is 2.66. The van der Waals surface area contributed by atoms with E-state index in [1.54, 1.807) is 0 Å². The predicted molar refractivity (Wildman–Crippen MR) is 83.9 cm³/mol. The van der Waals surface area contributed by atoms with E-state index in [4.69, 9.17) is 0 Å². The van der Waals surface area contributed by atoms with Crippen LogP contribution in [0, 0.1) is 13.8 Å². The van der Waals surface area contributed by atoms with Gasteiger partial charge in [-0.15, -0.1) is 0 Å². The minimum absolute atomic E-state index is 0.000662. The zero-order valence-corrected chi connectivity index (χ0v) is 14.2. The molecule has 2 N–H and O–H groups in total. The highest BCUT2D eigenvalue weighted by atomic mass is 16.3. The van der Waals surface area contributed by atoms with Crippen molar-refractivity contribution in [1.82, 2.24) is 15.1 Å². The summed E-state index contributed by atoms with van der Waals surface area (Å²) >= 11 is 0. The fraction of sp³-hybridized carbons (Fsp3) is 0.812. The summed E-state index contributed by atoms with van der Waals surface area (Å²) in [6.07, 6.45) is 1.55. The van der Waals surface area contributed by atoms with Crippen LogP contribution in [0.3, 0.4) is 0 Å². The van der Waals surface area contributed by atoms with E-state index in [0.717, 1.165) is 25.1 Å². The van der Waals surface area contributed by atoms with E-state index in [0.29, 0.717) is 6.54 Å². The standard InChI is InChI=1S/C16H31N3O/c1-8-16(20,9-2)11-17-10-14-12(3)18-19(13(14)4)15(5,6)7/h17,20H,8-11H2,1-7H3. The Bertz CT molecular complexity index is 439. The molecule has 1 aromatic heterocycles. The third-order valence-electron chi connectivity index (χ3n) is 4.15. The fourth-order valence-electron chi connectivity index (χ4n) is 2.50. The van der Waals surface area contributed by atoms with Gasteiger partial charge < -0.3 is 10.4 Å². The van der Waals surface area contributed by atoms with Crippen LogP contribution in [0.2, 0.25) is 0 Å². The Morgan fingerprint density at radius 3 is 2.10 bits per heavy atom. The lowest BCUT2D eigenvalue weighted by Gasteiger charge is -2.25. The van der Waals surface area contributed by atoms with Crippen molar-refractivity contribution in [2.24, 2.45) is 0 Å². The Hall–Kier alpha value is -0.870. The van der Waals surface area contributed by atoms with E-state index in [2.05, 4.69) is 49.7 Å². The first-order chi connectivity index (χ1) is 9.14. The van der Waals surface area contributed by atoms with Crippen molar-refractivity contribution >= 4 is 0 Å². The summed E-state index contributed by atoms with van der Waals surface area (Å²) in [6.45, 7) is 16.1. The highest BCUT2D eigenvalue weighted by molar-refractivity contribution is 5.25. The van der Waals surface area contributed by atoms with Crippen LogP contribution in [0.4, 0.5) is 0 Å². The third kappa shape index (κ3) is 3.83. The van der Waals surface area contributed by atoms with E-state index in [-0.39, 0.29) is 5.54 Å². The van der Waals surface area contributed by atoms with Crippen molar-refractivity contribution in [3.8, 4) is 0 Å². The molecule has 4 heteroatoms. The Morgan fingerprint density at radius 2 is 1.70 bits per heavy atom. The molecule has 0 aliphatic rings. The van der Waals surface area contributed by atoms with Crippen LogP contribution in [0.15, 0.2) is 0 Å². The van der Waals surface area contributed by atoms with Crippen molar-refractivity contribution in [2.45, 2.75) is 79.0 Å². The van der Waals surface area contributed by atoms with Gasteiger partial charge in [-0.2, -0.15) is 5.10 Å². The number of rotatable bonds is 6. The Kier molecular flexibility index (Phi) is 5.39. The van der Waals surface area contributed by atoms with Gasteiger partial charge in [-0.1, -0.05) is 13.8 Å². The van der Waals surface area contributed by atoms with Crippen LogP contribution in [-0.4, -0.2) is 27.0 Å². The van der Waals surface area contributed by atoms with Gasteiger partial charge in [0, 0.05) is 24.3 Å². The van der Waals surface area contributed by atoms with Gasteiger partial charge in [-0.25, -0.2) is 0 Å². The largest absolute Gasteiger partial charge is 0.389 e. The minimum atomic E-state index is -0.595. The van der Waals surface area contributed by atoms with Crippen molar-refractivity contribution in [1.29, 1.82) is 0 Å². The topological polar surface area (TPSA) is 50.1 Å². The molecule has 1 heterocycles. The van der Waals surface area contributed by atoms with Crippen molar-refractivity contribution in [3.63, 3.8) is 0 Å². The molecule has 1 aromatic rings. The molecule has 1 rings (SSSR count). The fourth-order valence-corrected chi connectivity index (χ4v) is 2.50. The van der Waals surface area contributed by atoms with E-state index in [1.807, 2.05) is 13.8 Å². The smallest absolute Gasteiger partial charge is 0.0766 e. The van der Waals surface area contributed by atoms with Gasteiger partial charge in [0.15, 0.2) is 0 Å². The highest BCUT2D eigenvalue weighted by Crippen LogP contribution is 2.21. The van der Waals surface area contributed by atoms with Crippen LogP contribution in [0.25, 0.3) is 0 Å². The quantitative estimate of drug-likeness (QED) is 0.843. The van der Waals surface area contributed by atoms with Crippen molar-refractivity contribution in [3.05, 3.63) is 17.0 Å². The average molecular weight is 281 g/mol. The molecule has 0 bridgehead atoms. The van der Waals surface area contributed by atoms with Crippen molar-refractivity contribution < 1.29 is 5.11 Å². The Balaban J connectivity index is 2.77. The SMILES string of the molecule is CCC(O)(CC)CNCc1c(C)nn(C(C)(C)C)c1C. The maximum Gasteiger partial charge on any atom is 0.0766 e. The molecule has 0 radical (unpaired) electrons. The number of nitrogens with one attached hydrogen (secondary N) is 1. The number of hydrogen-bond donors (Lipinski definition) is 2. The first-order valence-electron chi connectivity index (χ1n) is 7.63. The van der Waals surface area contributed by atoms with Gasteiger partial charge in [-0.05, 0) is 47.5 Å². The van der Waals surface area contributed by atoms with E-state index >= 15 is 0 Å². The molecule has 4 nitrogen and oxygen atoms in total. The van der Waals surface area contributed by atoms with Crippen LogP contribution < -0.4 is 5.32 Å². The molecule has 0 aliphatic carbocycles. The molecule has 0 saturated heterocycles. The second-order valence-corrected chi connectivity index (χ2v) is 6.77. The molecular formula is C16H31N3O.